The second kappa shape index (κ2) is 13.7. The van der Waals surface area contributed by atoms with E-state index in [9.17, 15) is 14.4 Å². The van der Waals surface area contributed by atoms with Crippen molar-refractivity contribution in [3.63, 3.8) is 0 Å². The largest absolute Gasteiger partial charge is 0.457 e. The van der Waals surface area contributed by atoms with E-state index in [2.05, 4.69) is 29.4 Å². The van der Waals surface area contributed by atoms with Crippen molar-refractivity contribution < 1.29 is 23.9 Å². The van der Waals surface area contributed by atoms with E-state index in [0.29, 0.717) is 24.5 Å². The number of likely N-dealkylation sites (tertiary alicyclic amines) is 1. The fraction of sp³-hybridized carbons (Fsp3) is 0.528. The predicted octanol–water partition coefficient (Wildman–Crippen LogP) is 5.14. The molecule has 2 bridgehead atoms. The summed E-state index contributed by atoms with van der Waals surface area (Å²) in [5, 5.41) is 6.28. The summed E-state index contributed by atoms with van der Waals surface area (Å²) in [7, 11) is 0. The molecule has 3 heterocycles. The lowest BCUT2D eigenvalue weighted by Gasteiger charge is -2.35. The lowest BCUT2D eigenvalue weighted by Crippen LogP contribution is -2.57. The van der Waals surface area contributed by atoms with Crippen LogP contribution < -0.4 is 15.4 Å². The Morgan fingerprint density at radius 1 is 0.933 bits per heavy atom. The summed E-state index contributed by atoms with van der Waals surface area (Å²) in [6.45, 7) is 7.25. The van der Waals surface area contributed by atoms with Crippen LogP contribution in [0.1, 0.15) is 58.8 Å². The van der Waals surface area contributed by atoms with Crippen LogP contribution in [0.3, 0.4) is 0 Å². The predicted molar refractivity (Wildman–Crippen MR) is 173 cm³/mol. The molecule has 45 heavy (non-hydrogen) atoms. The highest BCUT2D eigenvalue weighted by Crippen LogP contribution is 2.55. The molecular weight excluding hydrogens is 568 g/mol. The Morgan fingerprint density at radius 3 is 2.31 bits per heavy atom. The van der Waals surface area contributed by atoms with Gasteiger partial charge in [-0.2, -0.15) is 0 Å². The van der Waals surface area contributed by atoms with Crippen molar-refractivity contribution >= 4 is 23.4 Å². The van der Waals surface area contributed by atoms with Gasteiger partial charge in [-0.1, -0.05) is 63.5 Å². The third-order valence-electron chi connectivity index (χ3n) is 9.71. The minimum atomic E-state index is -1.16. The van der Waals surface area contributed by atoms with E-state index in [1.807, 2.05) is 42.5 Å². The normalized spacial score (nSPS) is 27.2. The summed E-state index contributed by atoms with van der Waals surface area (Å²) < 4.78 is 12.4. The molecule has 2 N–H and O–H groups in total. The van der Waals surface area contributed by atoms with Crippen LogP contribution in [0.5, 0.6) is 11.5 Å². The fourth-order valence-electron chi connectivity index (χ4n) is 7.71. The van der Waals surface area contributed by atoms with Gasteiger partial charge in [-0.25, -0.2) is 0 Å². The van der Waals surface area contributed by atoms with Crippen LogP contribution in [0.2, 0.25) is 0 Å². The molecule has 0 radical (unpaired) electrons. The van der Waals surface area contributed by atoms with Crippen molar-refractivity contribution in [3.05, 3.63) is 66.7 Å². The first-order chi connectivity index (χ1) is 21.9. The summed E-state index contributed by atoms with van der Waals surface area (Å²) >= 11 is 0. The van der Waals surface area contributed by atoms with Crippen LogP contribution in [0.25, 0.3) is 0 Å². The number of hydrogen-bond donors (Lipinski definition) is 2. The maximum Gasteiger partial charge on any atom is 0.246 e. The van der Waals surface area contributed by atoms with Crippen molar-refractivity contribution in [2.75, 3.05) is 31.5 Å². The molecule has 0 aromatic heterocycles. The monoisotopic (exact) mass is 614 g/mol. The molecule has 5 atom stereocenters. The van der Waals surface area contributed by atoms with Crippen LogP contribution in [-0.2, 0) is 19.1 Å². The van der Waals surface area contributed by atoms with E-state index < -0.39 is 29.6 Å². The average Bonchev–Trinajstić information content (AvgIpc) is 3.69. The molecule has 1 aliphatic carbocycles. The third kappa shape index (κ3) is 6.38. The molecule has 3 amide bonds. The molecule has 2 aromatic carbocycles. The number of carbonyl (C=O) groups excluding carboxylic acids is 3. The van der Waals surface area contributed by atoms with Gasteiger partial charge in [-0.15, -0.1) is 0 Å². The van der Waals surface area contributed by atoms with Crippen LogP contribution >= 0.6 is 0 Å². The molecule has 1 spiro atoms. The second-order valence-corrected chi connectivity index (χ2v) is 12.8. The molecule has 9 heteroatoms. The Kier molecular flexibility index (Phi) is 9.56. The van der Waals surface area contributed by atoms with Gasteiger partial charge in [0.25, 0.3) is 0 Å². The number of hydrogen-bond acceptors (Lipinski definition) is 6. The van der Waals surface area contributed by atoms with Gasteiger partial charge in [-0.3, -0.25) is 14.4 Å². The smallest absolute Gasteiger partial charge is 0.246 e. The van der Waals surface area contributed by atoms with E-state index in [0.717, 1.165) is 57.4 Å². The van der Waals surface area contributed by atoms with Gasteiger partial charge >= 0.3 is 0 Å². The minimum Gasteiger partial charge on any atom is -0.457 e. The molecule has 3 unspecified atom stereocenters. The number of para-hydroxylation sites is 1. The zero-order valence-electron chi connectivity index (χ0n) is 26.5. The van der Waals surface area contributed by atoms with Crippen molar-refractivity contribution in [1.82, 2.24) is 15.1 Å². The highest BCUT2D eigenvalue weighted by atomic mass is 16.5. The first-order valence-corrected chi connectivity index (χ1v) is 16.8. The summed E-state index contributed by atoms with van der Waals surface area (Å²) in [5.41, 5.74) is -0.555. The van der Waals surface area contributed by atoms with Gasteiger partial charge < -0.3 is 29.9 Å². The number of carbonyl (C=O) groups is 3. The van der Waals surface area contributed by atoms with E-state index in [4.69, 9.17) is 9.47 Å². The van der Waals surface area contributed by atoms with Crippen LogP contribution in [0, 0.1) is 11.8 Å². The number of anilines is 1. The van der Waals surface area contributed by atoms with Crippen molar-refractivity contribution in [1.29, 1.82) is 0 Å². The maximum atomic E-state index is 14.3. The van der Waals surface area contributed by atoms with Crippen LogP contribution in [0.4, 0.5) is 5.69 Å². The molecule has 3 fully saturated rings. The van der Waals surface area contributed by atoms with E-state index in [1.54, 1.807) is 29.2 Å². The fourth-order valence-corrected chi connectivity index (χ4v) is 7.71. The molecule has 2 saturated heterocycles. The molecule has 6 rings (SSSR count). The molecule has 1 saturated carbocycles. The Bertz CT molecular complexity index is 1370. The summed E-state index contributed by atoms with van der Waals surface area (Å²) in [6.07, 6.45) is 10.5. The number of fused-ring (bicyclic) bond motifs is 1. The van der Waals surface area contributed by atoms with Gasteiger partial charge in [0.1, 0.15) is 23.1 Å². The quantitative estimate of drug-likeness (QED) is 0.303. The number of ether oxygens (including phenoxy) is 2. The Morgan fingerprint density at radius 2 is 1.62 bits per heavy atom. The van der Waals surface area contributed by atoms with Crippen LogP contribution in [0.15, 0.2) is 66.7 Å². The molecule has 2 aromatic rings. The number of amides is 3. The van der Waals surface area contributed by atoms with Crippen molar-refractivity contribution in [3.8, 4) is 11.5 Å². The lowest BCUT2D eigenvalue weighted by atomic mass is 9.74. The van der Waals surface area contributed by atoms with Gasteiger partial charge in [0, 0.05) is 24.8 Å². The molecular formula is C36H46N4O5. The first kappa shape index (κ1) is 31.3. The minimum absolute atomic E-state index is 0.103. The lowest BCUT2D eigenvalue weighted by molar-refractivity contribution is -0.141. The van der Waals surface area contributed by atoms with E-state index in [1.165, 1.54) is 6.42 Å². The Hall–Kier alpha value is -3.69. The second-order valence-electron chi connectivity index (χ2n) is 12.8. The van der Waals surface area contributed by atoms with E-state index >= 15 is 0 Å². The van der Waals surface area contributed by atoms with Crippen LogP contribution in [-0.4, -0.2) is 77.5 Å². The van der Waals surface area contributed by atoms with Gasteiger partial charge in [0.15, 0.2) is 0 Å². The number of benzene rings is 2. The molecule has 3 aliphatic heterocycles. The summed E-state index contributed by atoms with van der Waals surface area (Å²) in [6, 6.07) is 16.0. The number of rotatable bonds is 13. The van der Waals surface area contributed by atoms with Gasteiger partial charge in [-0.05, 0) is 75.2 Å². The summed E-state index contributed by atoms with van der Waals surface area (Å²) in [5.74, 6) is -0.752. The van der Waals surface area contributed by atoms with E-state index in [-0.39, 0.29) is 23.8 Å². The zero-order chi connectivity index (χ0) is 31.4. The average molecular weight is 615 g/mol. The van der Waals surface area contributed by atoms with Gasteiger partial charge in [0.05, 0.1) is 17.9 Å². The Labute approximate surface area is 266 Å². The molecule has 240 valence electrons. The standard InChI is InChI=1S/C36H46N4O5/c1-3-21-39(22-4-2)23-24-40-32(34(42)38-25-11-7-5-8-12-25)36-20-19-29(45-36)30(31(36)35(40)43)33(41)37-26-15-17-28(18-16-26)44-27-13-9-6-10-14-27/h6,9-10,13-20,25,29-32H,3-5,7-8,11-12,21-24H2,1-2H3,(H,37,41)(H,38,42)/t29-,30?,31-,32?,36?/m1/s1. The number of nitrogens with one attached hydrogen (secondary N) is 2. The first-order valence-electron chi connectivity index (χ1n) is 16.8. The highest BCUT2D eigenvalue weighted by Gasteiger charge is 2.72. The third-order valence-corrected chi connectivity index (χ3v) is 9.71. The summed E-state index contributed by atoms with van der Waals surface area (Å²) in [4.78, 5) is 46.3. The highest BCUT2D eigenvalue weighted by molar-refractivity contribution is 6.02. The molecule has 9 nitrogen and oxygen atoms in total. The maximum absolute atomic E-state index is 14.3. The molecule has 4 aliphatic rings. The van der Waals surface area contributed by atoms with Gasteiger partial charge in [0.2, 0.25) is 17.7 Å². The van der Waals surface area contributed by atoms with Crippen molar-refractivity contribution in [2.24, 2.45) is 11.8 Å². The van der Waals surface area contributed by atoms with Crippen molar-refractivity contribution in [2.45, 2.75) is 82.6 Å². The SMILES string of the molecule is CCCN(CCC)CCN1C(=O)[C@H]2C(C(=O)Nc3ccc(Oc4ccccc4)cc3)[C@H]3C=CC2(O3)C1C(=O)NC1CCCCC1. The zero-order valence-corrected chi connectivity index (χ0v) is 26.5. The Balaban J connectivity index is 1.21. The number of nitrogens with zero attached hydrogens (tertiary/aromatic N) is 2. The topological polar surface area (TPSA) is 100 Å².